The number of aromatic nitrogens is 1. The fraction of sp³-hybridized carbons (Fsp3) is 0.615. The van der Waals surface area contributed by atoms with Gasteiger partial charge in [0, 0.05) is 24.7 Å². The molecule has 0 atom stereocenters. The molecule has 1 aliphatic carbocycles. The Morgan fingerprint density at radius 2 is 2.05 bits per heavy atom. The summed E-state index contributed by atoms with van der Waals surface area (Å²) < 4.78 is 0.698. The number of rotatable bonds is 3. The maximum absolute atomic E-state index is 10.9. The van der Waals surface area contributed by atoms with Gasteiger partial charge in [-0.1, -0.05) is 0 Å². The monoisotopic (exact) mass is 342 g/mol. The molecule has 0 radical (unpaired) electrons. The maximum Gasteiger partial charge on any atom is 0.291 e. The van der Waals surface area contributed by atoms with Crippen LogP contribution in [0.3, 0.4) is 0 Å². The minimum Gasteiger partial charge on any atom is -0.356 e. The SMILES string of the molecule is Cc1c([N+](=O)[O-])cnc(N(C)C2CCC(N)CC2)c1Br. The second-order valence-corrected chi connectivity index (χ2v) is 6.14. The molecule has 0 amide bonds. The van der Waals surface area contributed by atoms with Crippen molar-refractivity contribution in [3.63, 3.8) is 0 Å². The third-order valence-corrected chi connectivity index (χ3v) is 4.99. The number of nitro groups is 1. The predicted octanol–water partition coefficient (Wildman–Crippen LogP) is 2.77. The molecule has 0 bridgehead atoms. The first-order chi connectivity index (χ1) is 9.41. The van der Waals surface area contributed by atoms with Gasteiger partial charge in [0.15, 0.2) is 0 Å². The number of pyridine rings is 1. The standard InChI is InChI=1S/C13H19BrN4O2/c1-8-11(18(19)20)7-16-13(12(8)14)17(2)10-5-3-9(15)4-6-10/h7,9-10H,3-6,15H2,1-2H3. The average molecular weight is 343 g/mol. The Bertz CT molecular complexity index is 515. The van der Waals surface area contributed by atoms with E-state index in [1.54, 1.807) is 6.92 Å². The van der Waals surface area contributed by atoms with Gasteiger partial charge in [0.1, 0.15) is 12.0 Å². The Morgan fingerprint density at radius 1 is 1.45 bits per heavy atom. The van der Waals surface area contributed by atoms with Crippen LogP contribution in [-0.4, -0.2) is 29.0 Å². The molecule has 110 valence electrons. The second-order valence-electron chi connectivity index (χ2n) is 5.34. The molecule has 2 rings (SSSR count). The van der Waals surface area contributed by atoms with E-state index in [-0.39, 0.29) is 5.69 Å². The number of nitrogens with two attached hydrogens (primary N) is 1. The molecule has 0 unspecified atom stereocenters. The molecule has 1 aliphatic rings. The van der Waals surface area contributed by atoms with Gasteiger partial charge >= 0.3 is 0 Å². The summed E-state index contributed by atoms with van der Waals surface area (Å²) >= 11 is 3.45. The van der Waals surface area contributed by atoms with Crippen LogP contribution in [0.25, 0.3) is 0 Å². The quantitative estimate of drug-likeness (QED) is 0.674. The van der Waals surface area contributed by atoms with Crippen molar-refractivity contribution in [3.8, 4) is 0 Å². The van der Waals surface area contributed by atoms with E-state index in [4.69, 9.17) is 5.73 Å². The highest BCUT2D eigenvalue weighted by Crippen LogP contribution is 2.34. The van der Waals surface area contributed by atoms with Gasteiger partial charge in [0.2, 0.25) is 0 Å². The number of hydrogen-bond donors (Lipinski definition) is 1. The van der Waals surface area contributed by atoms with Crippen molar-refractivity contribution in [2.75, 3.05) is 11.9 Å². The molecule has 1 aromatic rings. The summed E-state index contributed by atoms with van der Waals surface area (Å²) in [7, 11) is 1.99. The van der Waals surface area contributed by atoms with E-state index in [1.165, 1.54) is 6.20 Å². The Kier molecular flexibility index (Phi) is 4.59. The zero-order valence-electron chi connectivity index (χ0n) is 11.7. The lowest BCUT2D eigenvalue weighted by Crippen LogP contribution is -2.39. The smallest absolute Gasteiger partial charge is 0.291 e. The minimum absolute atomic E-state index is 0.0414. The summed E-state index contributed by atoms with van der Waals surface area (Å²) in [6.07, 6.45) is 5.42. The predicted molar refractivity (Wildman–Crippen MR) is 82.0 cm³/mol. The lowest BCUT2D eigenvalue weighted by molar-refractivity contribution is -0.385. The van der Waals surface area contributed by atoms with Crippen LogP contribution in [0.4, 0.5) is 11.5 Å². The lowest BCUT2D eigenvalue weighted by Gasteiger charge is -2.34. The van der Waals surface area contributed by atoms with Gasteiger partial charge in [-0.15, -0.1) is 0 Å². The van der Waals surface area contributed by atoms with Crippen LogP contribution in [0.5, 0.6) is 0 Å². The molecule has 1 fully saturated rings. The van der Waals surface area contributed by atoms with Crippen LogP contribution in [0, 0.1) is 17.0 Å². The third-order valence-electron chi connectivity index (χ3n) is 4.04. The highest BCUT2D eigenvalue weighted by Gasteiger charge is 2.26. The van der Waals surface area contributed by atoms with Crippen LogP contribution in [0.2, 0.25) is 0 Å². The zero-order valence-corrected chi connectivity index (χ0v) is 13.3. The molecular weight excluding hydrogens is 324 g/mol. The third kappa shape index (κ3) is 2.93. The molecule has 1 saturated carbocycles. The molecule has 0 spiro atoms. The molecule has 1 heterocycles. The Labute approximate surface area is 126 Å². The number of anilines is 1. The van der Waals surface area contributed by atoms with E-state index >= 15 is 0 Å². The van der Waals surface area contributed by atoms with E-state index < -0.39 is 4.92 Å². The summed E-state index contributed by atoms with van der Waals surface area (Å²) in [4.78, 5) is 16.9. The molecule has 1 aromatic heterocycles. The molecule has 0 saturated heterocycles. The maximum atomic E-state index is 10.9. The van der Waals surface area contributed by atoms with E-state index in [0.717, 1.165) is 31.5 Å². The van der Waals surface area contributed by atoms with Gasteiger partial charge in [0.25, 0.3) is 5.69 Å². The van der Waals surface area contributed by atoms with Crippen LogP contribution in [-0.2, 0) is 0 Å². The number of halogens is 1. The van der Waals surface area contributed by atoms with Crippen molar-refractivity contribution in [2.45, 2.75) is 44.7 Å². The summed E-state index contributed by atoms with van der Waals surface area (Å²) in [5.41, 5.74) is 6.58. The van der Waals surface area contributed by atoms with E-state index in [1.807, 2.05) is 7.05 Å². The first kappa shape index (κ1) is 15.2. The van der Waals surface area contributed by atoms with E-state index in [2.05, 4.69) is 25.8 Å². The van der Waals surface area contributed by atoms with Gasteiger partial charge in [-0.2, -0.15) is 0 Å². The molecule has 0 aromatic carbocycles. The highest BCUT2D eigenvalue weighted by molar-refractivity contribution is 9.10. The van der Waals surface area contributed by atoms with Crippen molar-refractivity contribution in [3.05, 3.63) is 26.3 Å². The average Bonchev–Trinajstić information content (AvgIpc) is 2.41. The lowest BCUT2D eigenvalue weighted by atomic mass is 9.91. The number of hydrogen-bond acceptors (Lipinski definition) is 5. The van der Waals surface area contributed by atoms with Gasteiger partial charge in [0.05, 0.1) is 9.40 Å². The Morgan fingerprint density at radius 3 is 2.60 bits per heavy atom. The zero-order chi connectivity index (χ0) is 14.9. The first-order valence-electron chi connectivity index (χ1n) is 6.69. The van der Waals surface area contributed by atoms with Crippen LogP contribution < -0.4 is 10.6 Å². The molecular formula is C13H19BrN4O2. The Hall–Kier alpha value is -1.21. The van der Waals surface area contributed by atoms with E-state index in [9.17, 15) is 10.1 Å². The van der Waals surface area contributed by atoms with Crippen molar-refractivity contribution >= 4 is 27.4 Å². The van der Waals surface area contributed by atoms with Crippen molar-refractivity contribution in [1.29, 1.82) is 0 Å². The Balaban J connectivity index is 2.24. The largest absolute Gasteiger partial charge is 0.356 e. The van der Waals surface area contributed by atoms with Crippen LogP contribution in [0.1, 0.15) is 31.2 Å². The molecule has 2 N–H and O–H groups in total. The van der Waals surface area contributed by atoms with Gasteiger partial charge in [-0.3, -0.25) is 10.1 Å². The van der Waals surface area contributed by atoms with Gasteiger partial charge in [-0.25, -0.2) is 4.98 Å². The van der Waals surface area contributed by atoms with E-state index in [0.29, 0.717) is 22.1 Å². The van der Waals surface area contributed by atoms with Crippen molar-refractivity contribution < 1.29 is 4.92 Å². The summed E-state index contributed by atoms with van der Waals surface area (Å²) in [6.45, 7) is 1.73. The molecule has 0 aliphatic heterocycles. The fourth-order valence-electron chi connectivity index (χ4n) is 2.65. The normalized spacial score (nSPS) is 22.6. The fourth-order valence-corrected chi connectivity index (χ4v) is 3.23. The topological polar surface area (TPSA) is 85.3 Å². The number of nitrogens with zero attached hydrogens (tertiary/aromatic N) is 3. The molecule has 7 heteroatoms. The minimum atomic E-state index is -0.406. The van der Waals surface area contributed by atoms with Crippen LogP contribution >= 0.6 is 15.9 Å². The van der Waals surface area contributed by atoms with Crippen molar-refractivity contribution in [2.24, 2.45) is 5.73 Å². The molecule has 6 nitrogen and oxygen atoms in total. The van der Waals surface area contributed by atoms with Gasteiger partial charge < -0.3 is 10.6 Å². The first-order valence-corrected chi connectivity index (χ1v) is 7.49. The van der Waals surface area contributed by atoms with Crippen LogP contribution in [0.15, 0.2) is 10.7 Å². The van der Waals surface area contributed by atoms with Gasteiger partial charge in [-0.05, 0) is 48.5 Å². The summed E-state index contributed by atoms with van der Waals surface area (Å²) in [5, 5.41) is 10.9. The summed E-state index contributed by atoms with van der Waals surface area (Å²) in [6, 6.07) is 0.689. The molecule has 20 heavy (non-hydrogen) atoms. The second kappa shape index (κ2) is 6.05. The van der Waals surface area contributed by atoms with Crippen molar-refractivity contribution in [1.82, 2.24) is 4.98 Å². The highest BCUT2D eigenvalue weighted by atomic mass is 79.9. The summed E-state index contributed by atoms with van der Waals surface area (Å²) in [5.74, 6) is 0.758.